The maximum atomic E-state index is 12.1. The monoisotopic (exact) mass is 325 g/mol. The number of hydrogen-bond donors (Lipinski definition) is 1. The zero-order valence-electron chi connectivity index (χ0n) is 13.5. The second-order valence-corrected chi connectivity index (χ2v) is 6.37. The average molecular weight is 325 g/mol. The van der Waals surface area contributed by atoms with Crippen LogP contribution in [0.2, 0.25) is 0 Å². The summed E-state index contributed by atoms with van der Waals surface area (Å²) in [5, 5.41) is 6.95. The predicted octanol–water partition coefficient (Wildman–Crippen LogP) is 1.62. The molecule has 0 aromatic carbocycles. The number of amidine groups is 1. The van der Waals surface area contributed by atoms with E-state index < -0.39 is 5.54 Å². The zero-order valence-corrected chi connectivity index (χ0v) is 13.5. The van der Waals surface area contributed by atoms with Crippen molar-refractivity contribution in [3.05, 3.63) is 36.4 Å². The first-order valence-corrected chi connectivity index (χ1v) is 8.11. The highest BCUT2D eigenvalue weighted by Gasteiger charge is 2.44. The quantitative estimate of drug-likeness (QED) is 0.927. The van der Waals surface area contributed by atoms with Crippen molar-refractivity contribution in [1.82, 2.24) is 20.4 Å². The van der Waals surface area contributed by atoms with Gasteiger partial charge in [-0.25, -0.2) is 0 Å². The summed E-state index contributed by atoms with van der Waals surface area (Å²) >= 11 is 0. The summed E-state index contributed by atoms with van der Waals surface area (Å²) in [6.45, 7) is 4.16. The van der Waals surface area contributed by atoms with Crippen LogP contribution in [-0.2, 0) is 11.3 Å². The number of aromatic nitrogens is 2. The number of nitrogens with one attached hydrogen (secondary N) is 1. The fourth-order valence-corrected chi connectivity index (χ4v) is 3.37. The van der Waals surface area contributed by atoms with E-state index in [0.717, 1.165) is 48.8 Å². The molecular weight excluding hydrogens is 306 g/mol. The topological polar surface area (TPSA) is 83.6 Å². The van der Waals surface area contributed by atoms with Crippen molar-refractivity contribution in [2.45, 2.75) is 31.8 Å². The minimum atomic E-state index is -0.551. The van der Waals surface area contributed by atoms with E-state index in [2.05, 4.69) is 25.3 Å². The van der Waals surface area contributed by atoms with Gasteiger partial charge >= 0.3 is 0 Å². The fourth-order valence-electron chi connectivity index (χ4n) is 3.37. The van der Waals surface area contributed by atoms with E-state index in [1.165, 1.54) is 0 Å². The highest BCUT2D eigenvalue weighted by Crippen LogP contribution is 2.30. The van der Waals surface area contributed by atoms with Crippen LogP contribution >= 0.6 is 0 Å². The molecule has 0 aliphatic carbocycles. The number of nitrogens with zero attached hydrogens (tertiary/aromatic N) is 4. The van der Waals surface area contributed by atoms with Crippen molar-refractivity contribution in [2.75, 3.05) is 13.1 Å². The Labute approximate surface area is 139 Å². The van der Waals surface area contributed by atoms with Gasteiger partial charge in [-0.3, -0.25) is 19.7 Å². The Morgan fingerprint density at radius 1 is 1.29 bits per heavy atom. The molecule has 24 heavy (non-hydrogen) atoms. The third-order valence-corrected chi connectivity index (χ3v) is 4.70. The van der Waals surface area contributed by atoms with Crippen LogP contribution in [0.25, 0.3) is 11.3 Å². The van der Waals surface area contributed by atoms with Crippen molar-refractivity contribution in [1.29, 1.82) is 0 Å². The van der Waals surface area contributed by atoms with E-state index in [-0.39, 0.29) is 5.91 Å². The molecule has 2 aromatic heterocycles. The number of piperidine rings is 1. The molecule has 0 bridgehead atoms. The lowest BCUT2D eigenvalue weighted by Crippen LogP contribution is -2.48. The first kappa shape index (κ1) is 15.0. The number of likely N-dealkylation sites (tertiary alicyclic amines) is 1. The first-order chi connectivity index (χ1) is 11.6. The molecule has 1 amide bonds. The summed E-state index contributed by atoms with van der Waals surface area (Å²) in [5.41, 5.74) is 1.26. The van der Waals surface area contributed by atoms with Crippen molar-refractivity contribution in [3.8, 4) is 11.3 Å². The molecule has 2 aromatic rings. The van der Waals surface area contributed by atoms with Crippen LogP contribution in [0.1, 0.15) is 25.5 Å². The van der Waals surface area contributed by atoms with Gasteiger partial charge in [-0.2, -0.15) is 0 Å². The Balaban J connectivity index is 1.40. The largest absolute Gasteiger partial charge is 0.359 e. The summed E-state index contributed by atoms with van der Waals surface area (Å²) < 4.78 is 5.46. The smallest absolute Gasteiger partial charge is 0.253 e. The Kier molecular flexibility index (Phi) is 3.65. The molecule has 2 aliphatic rings. The van der Waals surface area contributed by atoms with Gasteiger partial charge in [-0.05, 0) is 31.9 Å². The maximum Gasteiger partial charge on any atom is 0.253 e. The van der Waals surface area contributed by atoms with E-state index in [0.29, 0.717) is 6.54 Å². The highest BCUT2D eigenvalue weighted by atomic mass is 16.5. The second-order valence-electron chi connectivity index (χ2n) is 6.37. The molecule has 0 radical (unpaired) electrons. The van der Waals surface area contributed by atoms with Gasteiger partial charge in [0, 0.05) is 37.1 Å². The molecule has 1 spiro atoms. The summed E-state index contributed by atoms with van der Waals surface area (Å²) in [6.07, 6.45) is 4.95. The Hall–Kier alpha value is -2.54. The Morgan fingerprint density at radius 2 is 2.04 bits per heavy atom. The molecule has 4 rings (SSSR count). The van der Waals surface area contributed by atoms with E-state index in [9.17, 15) is 4.79 Å². The summed E-state index contributed by atoms with van der Waals surface area (Å²) in [5.74, 6) is 1.60. The van der Waals surface area contributed by atoms with E-state index in [4.69, 9.17) is 4.52 Å². The summed E-state index contributed by atoms with van der Waals surface area (Å²) in [6, 6.07) is 5.78. The number of aliphatic imine (C=N–C) groups is 1. The molecule has 7 heteroatoms. The minimum absolute atomic E-state index is 0.0410. The van der Waals surface area contributed by atoms with Crippen LogP contribution in [0.3, 0.4) is 0 Å². The molecule has 4 heterocycles. The van der Waals surface area contributed by atoms with Crippen LogP contribution in [-0.4, -0.2) is 45.4 Å². The molecule has 0 atom stereocenters. The number of carbonyl (C=O) groups excluding carboxylic acids is 1. The second kappa shape index (κ2) is 5.83. The Morgan fingerprint density at radius 3 is 2.71 bits per heavy atom. The van der Waals surface area contributed by atoms with Gasteiger partial charge in [-0.1, -0.05) is 5.16 Å². The normalized spacial score (nSPS) is 20.2. The molecule has 0 unspecified atom stereocenters. The number of carbonyl (C=O) groups is 1. The molecule has 1 saturated heterocycles. The molecule has 7 nitrogen and oxygen atoms in total. The molecule has 1 fully saturated rings. The van der Waals surface area contributed by atoms with Crippen LogP contribution in [0.15, 0.2) is 40.1 Å². The van der Waals surface area contributed by atoms with Gasteiger partial charge in [0.05, 0.1) is 6.54 Å². The average Bonchev–Trinajstić information content (AvgIpc) is 3.16. The lowest BCUT2D eigenvalue weighted by Gasteiger charge is -2.34. The molecular formula is C17H19N5O2. The lowest BCUT2D eigenvalue weighted by molar-refractivity contribution is -0.125. The van der Waals surface area contributed by atoms with Crippen LogP contribution < -0.4 is 5.32 Å². The van der Waals surface area contributed by atoms with Crippen LogP contribution in [0.5, 0.6) is 0 Å². The van der Waals surface area contributed by atoms with E-state index >= 15 is 0 Å². The van der Waals surface area contributed by atoms with Gasteiger partial charge in [-0.15, -0.1) is 0 Å². The molecule has 2 aliphatic heterocycles. The van der Waals surface area contributed by atoms with Gasteiger partial charge < -0.3 is 9.84 Å². The van der Waals surface area contributed by atoms with Gasteiger partial charge in [0.2, 0.25) is 0 Å². The lowest BCUT2D eigenvalue weighted by atomic mass is 9.88. The summed E-state index contributed by atoms with van der Waals surface area (Å²) in [7, 11) is 0. The van der Waals surface area contributed by atoms with Crippen molar-refractivity contribution in [3.63, 3.8) is 0 Å². The van der Waals surface area contributed by atoms with E-state index in [1.54, 1.807) is 12.4 Å². The zero-order chi connectivity index (χ0) is 16.6. The highest BCUT2D eigenvalue weighted by molar-refractivity contribution is 6.07. The number of hydrogen-bond acceptors (Lipinski definition) is 6. The number of amides is 1. The minimum Gasteiger partial charge on any atom is -0.359 e. The van der Waals surface area contributed by atoms with Gasteiger partial charge in [0.25, 0.3) is 5.91 Å². The maximum absolute atomic E-state index is 12.1. The van der Waals surface area contributed by atoms with Gasteiger partial charge in [0.15, 0.2) is 5.76 Å². The Bertz CT molecular complexity index is 775. The van der Waals surface area contributed by atoms with Crippen LogP contribution in [0, 0.1) is 0 Å². The fraction of sp³-hybridized carbons (Fsp3) is 0.412. The summed E-state index contributed by atoms with van der Waals surface area (Å²) in [4.78, 5) is 22.9. The molecule has 124 valence electrons. The van der Waals surface area contributed by atoms with Gasteiger partial charge in [0.1, 0.15) is 17.1 Å². The number of rotatable bonds is 3. The molecule has 0 saturated carbocycles. The SMILES string of the molecule is CC1=NC2(CCN(Cc3cc(-c4ccncc4)no3)CC2)C(=O)N1. The third kappa shape index (κ3) is 2.71. The third-order valence-electron chi connectivity index (χ3n) is 4.70. The standard InChI is InChI=1S/C17H19N5O2/c1-12-19-16(23)17(20-12)4-8-22(9-5-17)11-14-10-15(21-24-14)13-2-6-18-7-3-13/h2-3,6-7,10H,4-5,8-9,11H2,1H3,(H,19,20,23). The van der Waals surface area contributed by atoms with Crippen molar-refractivity contribution < 1.29 is 9.32 Å². The van der Waals surface area contributed by atoms with Crippen molar-refractivity contribution in [2.24, 2.45) is 4.99 Å². The van der Waals surface area contributed by atoms with Crippen molar-refractivity contribution >= 4 is 11.7 Å². The van der Waals surface area contributed by atoms with E-state index in [1.807, 2.05) is 25.1 Å². The predicted molar refractivity (Wildman–Crippen MR) is 88.2 cm³/mol. The number of pyridine rings is 1. The van der Waals surface area contributed by atoms with Crippen LogP contribution in [0.4, 0.5) is 0 Å². The first-order valence-electron chi connectivity index (χ1n) is 8.11. The molecule has 1 N–H and O–H groups in total.